The fraction of sp³-hybridized carbons (Fsp3) is 0.850. The smallest absolute Gasteiger partial charge is 0.323 e. The lowest BCUT2D eigenvalue weighted by Crippen LogP contribution is -2.31. The lowest BCUT2D eigenvalue weighted by molar-refractivity contribution is 0.0547. The Kier molecular flexibility index (Phi) is 11.6. The molecule has 2 atom stereocenters. The van der Waals surface area contributed by atoms with Gasteiger partial charge < -0.3 is 30.6 Å². The molecule has 29 heavy (non-hydrogen) atoms. The molecule has 1 fully saturated rings. The molecule has 0 spiro atoms. The third-order valence-corrected chi connectivity index (χ3v) is 4.93. The molecule has 1 saturated carbocycles. The van der Waals surface area contributed by atoms with E-state index in [1.165, 1.54) is 19.3 Å². The van der Waals surface area contributed by atoms with Gasteiger partial charge in [-0.05, 0) is 25.2 Å². The Hall–Kier alpha value is -1.71. The van der Waals surface area contributed by atoms with Crippen molar-refractivity contribution in [2.75, 3.05) is 56.8 Å². The van der Waals surface area contributed by atoms with Crippen LogP contribution in [0.2, 0.25) is 0 Å². The number of rotatable bonds is 15. The third-order valence-electron chi connectivity index (χ3n) is 4.93. The van der Waals surface area contributed by atoms with Crippen LogP contribution in [-0.4, -0.2) is 67.1 Å². The molecule has 1 aliphatic carbocycles. The normalized spacial score (nSPS) is 19.1. The summed E-state index contributed by atoms with van der Waals surface area (Å²) in [4.78, 5) is 13.4. The first kappa shape index (κ1) is 23.6. The molecule has 1 aromatic heterocycles. The van der Waals surface area contributed by atoms with Crippen LogP contribution in [0.3, 0.4) is 0 Å². The van der Waals surface area contributed by atoms with Gasteiger partial charge in [-0.3, -0.25) is 0 Å². The number of unbranched alkanes of at least 4 members (excludes halogenated alkanes) is 1. The average Bonchev–Trinajstić information content (AvgIpc) is 2.72. The number of ether oxygens (including phenoxy) is 3. The third kappa shape index (κ3) is 9.56. The quantitative estimate of drug-likeness (QED) is 0.375. The molecule has 4 N–H and O–H groups in total. The van der Waals surface area contributed by atoms with Gasteiger partial charge in [0.1, 0.15) is 0 Å². The van der Waals surface area contributed by atoms with Gasteiger partial charge in [0.2, 0.25) is 11.9 Å². The SMILES string of the molecule is CCCCOc1nc(NCCOCCOCCN)nc(NC2CCCCC2C)n1. The van der Waals surface area contributed by atoms with Crippen LogP contribution in [0.4, 0.5) is 11.9 Å². The van der Waals surface area contributed by atoms with Gasteiger partial charge in [0.15, 0.2) is 0 Å². The van der Waals surface area contributed by atoms with Gasteiger partial charge in [-0.15, -0.1) is 0 Å². The fourth-order valence-electron chi connectivity index (χ4n) is 3.21. The van der Waals surface area contributed by atoms with Crippen LogP contribution in [-0.2, 0) is 9.47 Å². The number of anilines is 2. The highest BCUT2D eigenvalue weighted by Gasteiger charge is 2.22. The van der Waals surface area contributed by atoms with E-state index in [9.17, 15) is 0 Å². The monoisotopic (exact) mass is 410 g/mol. The van der Waals surface area contributed by atoms with Gasteiger partial charge in [-0.25, -0.2) is 0 Å². The zero-order chi connectivity index (χ0) is 20.7. The Morgan fingerprint density at radius 3 is 2.48 bits per heavy atom. The van der Waals surface area contributed by atoms with E-state index >= 15 is 0 Å². The van der Waals surface area contributed by atoms with E-state index in [2.05, 4.69) is 39.4 Å². The lowest BCUT2D eigenvalue weighted by atomic mass is 9.86. The highest BCUT2D eigenvalue weighted by molar-refractivity contribution is 5.36. The minimum Gasteiger partial charge on any atom is -0.463 e. The van der Waals surface area contributed by atoms with Gasteiger partial charge >= 0.3 is 6.01 Å². The Balaban J connectivity index is 1.86. The molecule has 0 saturated heterocycles. The highest BCUT2D eigenvalue weighted by Crippen LogP contribution is 2.26. The zero-order valence-corrected chi connectivity index (χ0v) is 18.0. The Labute approximate surface area is 174 Å². The van der Waals surface area contributed by atoms with Crippen molar-refractivity contribution in [3.63, 3.8) is 0 Å². The summed E-state index contributed by atoms with van der Waals surface area (Å²) in [5, 5.41) is 6.69. The van der Waals surface area contributed by atoms with Crippen LogP contribution in [0.25, 0.3) is 0 Å². The second kappa shape index (κ2) is 14.3. The average molecular weight is 411 g/mol. The molecule has 0 aliphatic heterocycles. The number of nitrogens with two attached hydrogens (primary N) is 1. The van der Waals surface area contributed by atoms with E-state index in [-0.39, 0.29) is 0 Å². The molecule has 1 aliphatic rings. The van der Waals surface area contributed by atoms with Crippen LogP contribution in [0.5, 0.6) is 6.01 Å². The lowest BCUT2D eigenvalue weighted by Gasteiger charge is -2.29. The Morgan fingerprint density at radius 2 is 1.72 bits per heavy atom. The largest absolute Gasteiger partial charge is 0.463 e. The molecule has 166 valence electrons. The Bertz CT molecular complexity index is 563. The molecule has 2 rings (SSSR count). The van der Waals surface area contributed by atoms with Crippen molar-refractivity contribution < 1.29 is 14.2 Å². The molecule has 0 aromatic carbocycles. The molecule has 1 heterocycles. The summed E-state index contributed by atoms with van der Waals surface area (Å²) in [5.74, 6) is 1.68. The van der Waals surface area contributed by atoms with Gasteiger partial charge in [-0.2, -0.15) is 15.0 Å². The van der Waals surface area contributed by atoms with Gasteiger partial charge in [0.25, 0.3) is 0 Å². The predicted octanol–water partition coefficient (Wildman–Crippen LogP) is 2.44. The Morgan fingerprint density at radius 1 is 0.966 bits per heavy atom. The molecule has 9 nitrogen and oxygen atoms in total. The first-order valence-corrected chi connectivity index (χ1v) is 11.0. The van der Waals surface area contributed by atoms with Crippen molar-refractivity contribution in [2.24, 2.45) is 11.7 Å². The zero-order valence-electron chi connectivity index (χ0n) is 18.0. The number of aromatic nitrogens is 3. The van der Waals surface area contributed by atoms with E-state index < -0.39 is 0 Å². The van der Waals surface area contributed by atoms with Crippen molar-refractivity contribution in [3.8, 4) is 6.01 Å². The van der Waals surface area contributed by atoms with Gasteiger partial charge in [0.05, 0.1) is 33.0 Å². The second-order valence-electron chi connectivity index (χ2n) is 7.42. The van der Waals surface area contributed by atoms with Crippen LogP contribution < -0.4 is 21.1 Å². The summed E-state index contributed by atoms with van der Waals surface area (Å²) in [6, 6.07) is 0.748. The molecule has 0 radical (unpaired) electrons. The summed E-state index contributed by atoms with van der Waals surface area (Å²) in [6.07, 6.45) is 6.95. The molecule has 0 amide bonds. The molecule has 2 unspecified atom stereocenters. The number of nitrogens with zero attached hydrogens (tertiary/aromatic N) is 3. The van der Waals surface area contributed by atoms with Crippen molar-refractivity contribution >= 4 is 11.9 Å². The summed E-state index contributed by atoms with van der Waals surface area (Å²) >= 11 is 0. The standard InChI is InChI=1S/C20H38N6O3/c1-3-4-11-29-20-25-18(22-10-13-28-15-14-27-12-9-21)24-19(26-20)23-17-8-6-5-7-16(17)2/h16-17H,3-15,21H2,1-2H3,(H2,22,23,24,25,26). The van der Waals surface area contributed by atoms with E-state index in [0.717, 1.165) is 19.3 Å². The van der Waals surface area contributed by atoms with E-state index in [4.69, 9.17) is 19.9 Å². The fourth-order valence-corrected chi connectivity index (χ4v) is 3.21. The van der Waals surface area contributed by atoms with Crippen LogP contribution in [0.1, 0.15) is 52.4 Å². The molecule has 1 aromatic rings. The molecule has 9 heteroatoms. The maximum absolute atomic E-state index is 5.73. The van der Waals surface area contributed by atoms with E-state index in [0.29, 0.717) is 76.0 Å². The van der Waals surface area contributed by atoms with Crippen LogP contribution in [0.15, 0.2) is 0 Å². The number of hydrogen-bond acceptors (Lipinski definition) is 9. The number of nitrogens with one attached hydrogen (secondary N) is 2. The van der Waals surface area contributed by atoms with Crippen molar-refractivity contribution in [2.45, 2.75) is 58.4 Å². The first-order chi connectivity index (χ1) is 14.2. The molecule has 0 bridgehead atoms. The van der Waals surface area contributed by atoms with Gasteiger partial charge in [0, 0.05) is 19.1 Å². The summed E-state index contributed by atoms with van der Waals surface area (Å²) < 4.78 is 16.5. The van der Waals surface area contributed by atoms with Crippen molar-refractivity contribution in [1.29, 1.82) is 0 Å². The van der Waals surface area contributed by atoms with Crippen LogP contribution >= 0.6 is 0 Å². The summed E-state index contributed by atoms with van der Waals surface area (Å²) in [6.45, 7) is 8.31. The summed E-state index contributed by atoms with van der Waals surface area (Å²) in [7, 11) is 0. The van der Waals surface area contributed by atoms with Crippen molar-refractivity contribution in [1.82, 2.24) is 15.0 Å². The van der Waals surface area contributed by atoms with Crippen molar-refractivity contribution in [3.05, 3.63) is 0 Å². The molecular weight excluding hydrogens is 372 g/mol. The summed E-state index contributed by atoms with van der Waals surface area (Å²) in [5.41, 5.74) is 5.37. The predicted molar refractivity (Wildman–Crippen MR) is 114 cm³/mol. The molecular formula is C20H38N6O3. The number of hydrogen-bond donors (Lipinski definition) is 3. The maximum Gasteiger partial charge on any atom is 0.323 e. The minimum absolute atomic E-state index is 0.359. The van der Waals surface area contributed by atoms with Gasteiger partial charge in [-0.1, -0.05) is 33.1 Å². The first-order valence-electron chi connectivity index (χ1n) is 11.0. The minimum atomic E-state index is 0.359. The highest BCUT2D eigenvalue weighted by atomic mass is 16.5. The second-order valence-corrected chi connectivity index (χ2v) is 7.42. The van der Waals surface area contributed by atoms with E-state index in [1.54, 1.807) is 0 Å². The topological polar surface area (TPSA) is 116 Å². The van der Waals surface area contributed by atoms with E-state index in [1.807, 2.05) is 0 Å². The maximum atomic E-state index is 5.73. The van der Waals surface area contributed by atoms with Crippen LogP contribution in [0, 0.1) is 5.92 Å².